The molecule has 18 heavy (non-hydrogen) atoms. The van der Waals surface area contributed by atoms with Gasteiger partial charge in [-0.2, -0.15) is 0 Å². The molecule has 0 aliphatic heterocycles. The number of methoxy groups -OCH3 is 1. The van der Waals surface area contributed by atoms with Crippen molar-refractivity contribution in [2.45, 2.75) is 12.5 Å². The molecule has 0 aliphatic rings. The molecule has 0 aliphatic carbocycles. The van der Waals surface area contributed by atoms with Crippen LogP contribution in [0.1, 0.15) is 16.9 Å². The van der Waals surface area contributed by atoms with Gasteiger partial charge in [0.05, 0.1) is 0 Å². The molecule has 4 N–H and O–H groups in total. The van der Waals surface area contributed by atoms with Crippen LogP contribution in [0, 0.1) is 0 Å². The summed E-state index contributed by atoms with van der Waals surface area (Å²) in [5.74, 6) is -1.88. The second-order valence-corrected chi connectivity index (χ2v) is 3.44. The summed E-state index contributed by atoms with van der Waals surface area (Å²) in [6.07, 6.45) is 2.79. The average molecular weight is 254 g/mol. The molecule has 0 saturated carbocycles. The van der Waals surface area contributed by atoms with Gasteiger partial charge < -0.3 is 20.9 Å². The zero-order chi connectivity index (χ0) is 13.5. The van der Waals surface area contributed by atoms with Crippen LogP contribution in [0.2, 0.25) is 0 Å². The van der Waals surface area contributed by atoms with Crippen molar-refractivity contribution < 1.29 is 19.4 Å². The molecule has 0 bridgehead atoms. The standard InChI is InChI=1S/C10H14N4O4/c1-18-5-2-6(10(16)17)14-9(15)7-8(11)13-4-3-12-7/h3-4,6H,2,5H2,1H3,(H2,11,13)(H,14,15)(H,16,17). The maximum atomic E-state index is 11.7. The van der Waals surface area contributed by atoms with Crippen LogP contribution in [0.25, 0.3) is 0 Å². The monoisotopic (exact) mass is 254 g/mol. The summed E-state index contributed by atoms with van der Waals surface area (Å²) >= 11 is 0. The van der Waals surface area contributed by atoms with Gasteiger partial charge in [0.2, 0.25) is 0 Å². The first-order valence-electron chi connectivity index (χ1n) is 5.15. The van der Waals surface area contributed by atoms with Gasteiger partial charge in [-0.1, -0.05) is 0 Å². The van der Waals surface area contributed by atoms with Crippen molar-refractivity contribution >= 4 is 17.7 Å². The van der Waals surface area contributed by atoms with E-state index in [1.165, 1.54) is 19.5 Å². The Morgan fingerprint density at radius 3 is 2.72 bits per heavy atom. The molecule has 0 fully saturated rings. The molecule has 0 aromatic carbocycles. The minimum Gasteiger partial charge on any atom is -0.480 e. The first kappa shape index (κ1) is 13.8. The van der Waals surface area contributed by atoms with Gasteiger partial charge in [-0.15, -0.1) is 0 Å². The number of nitrogens with two attached hydrogens (primary N) is 1. The minimum absolute atomic E-state index is 0.0501. The van der Waals surface area contributed by atoms with E-state index in [1.54, 1.807) is 0 Å². The summed E-state index contributed by atoms with van der Waals surface area (Å²) < 4.78 is 4.77. The zero-order valence-electron chi connectivity index (χ0n) is 9.79. The first-order chi connectivity index (χ1) is 8.56. The molecule has 1 aromatic heterocycles. The molecule has 8 heteroatoms. The van der Waals surface area contributed by atoms with Gasteiger partial charge in [-0.3, -0.25) is 4.79 Å². The first-order valence-corrected chi connectivity index (χ1v) is 5.15. The number of carbonyl (C=O) groups excluding carboxylic acids is 1. The van der Waals surface area contributed by atoms with Crippen molar-refractivity contribution in [2.75, 3.05) is 19.5 Å². The third kappa shape index (κ3) is 3.67. The number of aromatic nitrogens is 2. The Morgan fingerprint density at radius 2 is 2.17 bits per heavy atom. The van der Waals surface area contributed by atoms with Crippen molar-refractivity contribution in [2.24, 2.45) is 0 Å². The van der Waals surface area contributed by atoms with E-state index in [0.29, 0.717) is 0 Å². The number of amides is 1. The molecule has 8 nitrogen and oxygen atoms in total. The average Bonchev–Trinajstić information content (AvgIpc) is 2.34. The van der Waals surface area contributed by atoms with Crippen LogP contribution in [0.15, 0.2) is 12.4 Å². The van der Waals surface area contributed by atoms with Crippen molar-refractivity contribution in [3.05, 3.63) is 18.1 Å². The summed E-state index contributed by atoms with van der Waals surface area (Å²) in [5, 5.41) is 11.2. The number of hydrogen-bond acceptors (Lipinski definition) is 6. The maximum absolute atomic E-state index is 11.7. The van der Waals surface area contributed by atoms with Crippen LogP contribution in [0.5, 0.6) is 0 Å². The second kappa shape index (κ2) is 6.50. The lowest BCUT2D eigenvalue weighted by Crippen LogP contribution is -2.42. The molecular formula is C10H14N4O4. The van der Waals surface area contributed by atoms with Gasteiger partial charge in [0.1, 0.15) is 6.04 Å². The molecule has 1 unspecified atom stereocenters. The number of hydrogen-bond donors (Lipinski definition) is 3. The van der Waals surface area contributed by atoms with Gasteiger partial charge in [-0.05, 0) is 0 Å². The van der Waals surface area contributed by atoms with Crippen LogP contribution in [-0.4, -0.2) is 46.7 Å². The highest BCUT2D eigenvalue weighted by molar-refractivity contribution is 5.98. The molecule has 1 rings (SSSR count). The van der Waals surface area contributed by atoms with Gasteiger partial charge in [-0.25, -0.2) is 14.8 Å². The molecular weight excluding hydrogens is 240 g/mol. The highest BCUT2D eigenvalue weighted by atomic mass is 16.5. The Labute approximate surface area is 103 Å². The number of carbonyl (C=O) groups is 2. The summed E-state index contributed by atoms with van der Waals surface area (Å²) in [5.41, 5.74) is 5.37. The smallest absolute Gasteiger partial charge is 0.326 e. The summed E-state index contributed by atoms with van der Waals surface area (Å²) in [6.45, 7) is 0.215. The van der Waals surface area contributed by atoms with E-state index < -0.39 is 17.9 Å². The Morgan fingerprint density at radius 1 is 1.50 bits per heavy atom. The molecule has 1 amide bonds. The third-order valence-electron chi connectivity index (χ3n) is 2.16. The number of nitrogens with zero attached hydrogens (tertiary/aromatic N) is 2. The molecule has 0 radical (unpaired) electrons. The van der Waals surface area contributed by atoms with Crippen LogP contribution in [0.4, 0.5) is 5.82 Å². The van der Waals surface area contributed by atoms with Crippen molar-refractivity contribution in [1.82, 2.24) is 15.3 Å². The lowest BCUT2D eigenvalue weighted by atomic mass is 10.2. The van der Waals surface area contributed by atoms with E-state index in [4.69, 9.17) is 15.6 Å². The fourth-order valence-electron chi connectivity index (χ4n) is 1.24. The van der Waals surface area contributed by atoms with Crippen molar-refractivity contribution in [3.63, 3.8) is 0 Å². The zero-order valence-corrected chi connectivity index (χ0v) is 9.79. The van der Waals surface area contributed by atoms with E-state index >= 15 is 0 Å². The number of rotatable bonds is 6. The maximum Gasteiger partial charge on any atom is 0.326 e. The van der Waals surface area contributed by atoms with Crippen molar-refractivity contribution in [1.29, 1.82) is 0 Å². The number of ether oxygens (including phenoxy) is 1. The fourth-order valence-corrected chi connectivity index (χ4v) is 1.24. The second-order valence-electron chi connectivity index (χ2n) is 3.44. The third-order valence-corrected chi connectivity index (χ3v) is 2.16. The van der Waals surface area contributed by atoms with Crippen LogP contribution in [0.3, 0.4) is 0 Å². The number of aliphatic carboxylic acids is 1. The Kier molecular flexibility index (Phi) is 5.00. The largest absolute Gasteiger partial charge is 0.480 e. The van der Waals surface area contributed by atoms with E-state index in [-0.39, 0.29) is 24.5 Å². The number of anilines is 1. The molecule has 1 heterocycles. The van der Waals surface area contributed by atoms with Crippen LogP contribution < -0.4 is 11.1 Å². The number of carboxylic acids is 1. The lowest BCUT2D eigenvalue weighted by Gasteiger charge is -2.13. The van der Waals surface area contributed by atoms with E-state index in [2.05, 4.69) is 15.3 Å². The Hall–Kier alpha value is -2.22. The molecule has 1 aromatic rings. The summed E-state index contributed by atoms with van der Waals surface area (Å²) in [7, 11) is 1.45. The number of carboxylic acid groups (broad SMARTS) is 1. The number of nitrogens with one attached hydrogen (secondary N) is 1. The van der Waals surface area contributed by atoms with Crippen molar-refractivity contribution in [3.8, 4) is 0 Å². The fraction of sp³-hybridized carbons (Fsp3) is 0.400. The summed E-state index contributed by atoms with van der Waals surface area (Å²) in [6, 6.07) is -1.06. The summed E-state index contributed by atoms with van der Waals surface area (Å²) in [4.78, 5) is 30.1. The predicted octanol–water partition coefficient (Wildman–Crippen LogP) is -0.722. The SMILES string of the molecule is COCCC(NC(=O)c1nccnc1N)C(=O)O. The van der Waals surface area contributed by atoms with Gasteiger partial charge in [0.15, 0.2) is 11.5 Å². The highest BCUT2D eigenvalue weighted by Crippen LogP contribution is 2.04. The van der Waals surface area contributed by atoms with Crippen LogP contribution >= 0.6 is 0 Å². The molecule has 1 atom stereocenters. The quantitative estimate of drug-likeness (QED) is 0.611. The van der Waals surface area contributed by atoms with Crippen LogP contribution in [-0.2, 0) is 9.53 Å². The highest BCUT2D eigenvalue weighted by Gasteiger charge is 2.22. The normalized spacial score (nSPS) is 11.8. The molecule has 0 saturated heterocycles. The lowest BCUT2D eigenvalue weighted by molar-refractivity contribution is -0.139. The molecule has 0 spiro atoms. The van der Waals surface area contributed by atoms with Gasteiger partial charge in [0, 0.05) is 32.5 Å². The molecule has 98 valence electrons. The van der Waals surface area contributed by atoms with E-state index in [9.17, 15) is 9.59 Å². The van der Waals surface area contributed by atoms with E-state index in [0.717, 1.165) is 0 Å². The Balaban J connectivity index is 2.72. The van der Waals surface area contributed by atoms with E-state index in [1.807, 2.05) is 0 Å². The predicted molar refractivity (Wildman–Crippen MR) is 61.8 cm³/mol. The van der Waals surface area contributed by atoms with Gasteiger partial charge in [0.25, 0.3) is 5.91 Å². The topological polar surface area (TPSA) is 127 Å². The minimum atomic E-state index is -1.15. The van der Waals surface area contributed by atoms with Gasteiger partial charge >= 0.3 is 5.97 Å². The Bertz CT molecular complexity index is 438. The number of nitrogen functional groups attached to an aromatic ring is 1.